The van der Waals surface area contributed by atoms with Gasteiger partial charge in [-0.25, -0.2) is 9.78 Å². The summed E-state index contributed by atoms with van der Waals surface area (Å²) >= 11 is 0. The van der Waals surface area contributed by atoms with E-state index in [4.69, 9.17) is 4.74 Å². The van der Waals surface area contributed by atoms with Gasteiger partial charge in [-0.15, -0.1) is 0 Å². The van der Waals surface area contributed by atoms with Crippen molar-refractivity contribution in [3.05, 3.63) is 54.4 Å². The molecule has 0 spiro atoms. The number of hydrogen-bond acceptors (Lipinski definition) is 6. The number of alkyl halides is 3. The average Bonchev–Trinajstić information content (AvgIpc) is 3.22. The minimum Gasteiger partial charge on any atom is -0.480 e. The summed E-state index contributed by atoms with van der Waals surface area (Å²) in [6, 6.07) is 7.89. The predicted octanol–water partition coefficient (Wildman–Crippen LogP) is 4.20. The van der Waals surface area contributed by atoms with Gasteiger partial charge in [-0.3, -0.25) is 15.2 Å². The molecule has 0 unspecified atom stereocenters. The first-order valence-electron chi connectivity index (χ1n) is 10.2. The number of carbonyl (C=O) groups is 1. The van der Waals surface area contributed by atoms with E-state index >= 15 is 0 Å². The van der Waals surface area contributed by atoms with Crippen molar-refractivity contribution in [3.8, 4) is 17.1 Å². The summed E-state index contributed by atoms with van der Waals surface area (Å²) in [5.41, 5.74) is 0.668. The molecular weight excluding hydrogens is 437 g/mol. The zero-order chi connectivity index (χ0) is 23.2. The molecule has 2 aliphatic rings. The van der Waals surface area contributed by atoms with Crippen molar-refractivity contribution < 1.29 is 22.7 Å². The van der Waals surface area contributed by atoms with E-state index in [0.717, 1.165) is 30.8 Å². The van der Waals surface area contributed by atoms with Gasteiger partial charge in [0.15, 0.2) is 11.6 Å². The number of hydrogen-bond donors (Lipinski definition) is 1. The van der Waals surface area contributed by atoms with Crippen LogP contribution in [0.2, 0.25) is 0 Å². The van der Waals surface area contributed by atoms with Gasteiger partial charge in [0.25, 0.3) is 0 Å². The van der Waals surface area contributed by atoms with Crippen molar-refractivity contribution in [2.24, 2.45) is 0 Å². The molecule has 1 fully saturated rings. The molecule has 0 saturated carbocycles. The van der Waals surface area contributed by atoms with E-state index < -0.39 is 17.8 Å². The molecule has 1 saturated heterocycles. The molecule has 0 radical (unpaired) electrons. The second-order valence-corrected chi connectivity index (χ2v) is 7.75. The van der Waals surface area contributed by atoms with Crippen LogP contribution in [0.5, 0.6) is 5.88 Å². The van der Waals surface area contributed by atoms with Crippen LogP contribution in [-0.2, 0) is 6.18 Å². The molecule has 33 heavy (non-hydrogen) atoms. The molecule has 2 aliphatic heterocycles. The Bertz CT molecular complexity index is 1220. The lowest BCUT2D eigenvalue weighted by molar-refractivity contribution is -0.137. The lowest BCUT2D eigenvalue weighted by Crippen LogP contribution is -2.48. The molecular formula is C22H19F3N6O2. The number of methoxy groups -OCH3 is 1. The van der Waals surface area contributed by atoms with Crippen LogP contribution >= 0.6 is 0 Å². The molecule has 2 amide bonds. The first-order chi connectivity index (χ1) is 15.8. The summed E-state index contributed by atoms with van der Waals surface area (Å²) in [6.45, 7) is 1.40. The summed E-state index contributed by atoms with van der Waals surface area (Å²) in [5, 5.41) is 2.72. The van der Waals surface area contributed by atoms with Crippen LogP contribution in [0.1, 0.15) is 12.0 Å². The first-order valence-corrected chi connectivity index (χ1v) is 10.2. The van der Waals surface area contributed by atoms with Gasteiger partial charge in [0.2, 0.25) is 5.88 Å². The number of benzene rings is 1. The first kappa shape index (κ1) is 21.0. The van der Waals surface area contributed by atoms with Crippen LogP contribution in [-0.4, -0.2) is 47.2 Å². The van der Waals surface area contributed by atoms with Crippen LogP contribution in [0.25, 0.3) is 11.3 Å². The van der Waals surface area contributed by atoms with E-state index in [1.165, 1.54) is 25.6 Å². The summed E-state index contributed by atoms with van der Waals surface area (Å²) < 4.78 is 44.6. The molecule has 8 nitrogen and oxygen atoms in total. The highest BCUT2D eigenvalue weighted by Gasteiger charge is 2.40. The predicted molar refractivity (Wildman–Crippen MR) is 115 cm³/mol. The summed E-state index contributed by atoms with van der Waals surface area (Å²) in [4.78, 5) is 29.7. The van der Waals surface area contributed by atoms with E-state index in [0.29, 0.717) is 23.6 Å². The van der Waals surface area contributed by atoms with Crippen LogP contribution in [0.15, 0.2) is 48.8 Å². The van der Waals surface area contributed by atoms with Gasteiger partial charge in [-0.1, -0.05) is 12.1 Å². The van der Waals surface area contributed by atoms with E-state index in [9.17, 15) is 18.0 Å². The minimum absolute atomic E-state index is 0.125. The molecule has 1 N–H and O–H groups in total. The Morgan fingerprint density at radius 3 is 2.82 bits per heavy atom. The quantitative estimate of drug-likeness (QED) is 0.636. The second kappa shape index (κ2) is 7.91. The number of carbonyl (C=O) groups excluding carboxylic acids is 1. The van der Waals surface area contributed by atoms with Gasteiger partial charge < -0.3 is 9.64 Å². The third-order valence-electron chi connectivity index (χ3n) is 5.71. The fourth-order valence-electron chi connectivity index (χ4n) is 4.16. The van der Waals surface area contributed by atoms with Crippen LogP contribution in [0.3, 0.4) is 0 Å². The van der Waals surface area contributed by atoms with E-state index in [-0.39, 0.29) is 17.7 Å². The Hall–Kier alpha value is -3.89. The Kier molecular flexibility index (Phi) is 5.03. The van der Waals surface area contributed by atoms with E-state index in [2.05, 4.69) is 25.2 Å². The average molecular weight is 456 g/mol. The number of halogens is 3. The van der Waals surface area contributed by atoms with Crippen molar-refractivity contribution in [2.45, 2.75) is 18.6 Å². The zero-order valence-electron chi connectivity index (χ0n) is 17.5. The van der Waals surface area contributed by atoms with Crippen LogP contribution < -0.4 is 19.9 Å². The Balaban J connectivity index is 1.51. The SMILES string of the molecule is COc1cncc(NC(=O)N2c3nc(-c4cccc(C(F)(F)F)c4)ccc3N3CC[C@H]2C3)n1. The zero-order valence-corrected chi connectivity index (χ0v) is 17.5. The maximum Gasteiger partial charge on any atom is 0.416 e. The number of anilines is 3. The maximum absolute atomic E-state index is 13.3. The number of nitrogens with one attached hydrogen (secondary N) is 1. The smallest absolute Gasteiger partial charge is 0.416 e. The number of pyridine rings is 1. The summed E-state index contributed by atoms with van der Waals surface area (Å²) in [7, 11) is 1.45. The molecule has 1 aromatic carbocycles. The lowest BCUT2D eigenvalue weighted by Gasteiger charge is -2.35. The number of nitrogens with zero attached hydrogens (tertiary/aromatic N) is 5. The van der Waals surface area contributed by atoms with Gasteiger partial charge in [0.1, 0.15) is 0 Å². The molecule has 11 heteroatoms. The van der Waals surface area contributed by atoms with Crippen LogP contribution in [0.4, 0.5) is 35.3 Å². The van der Waals surface area contributed by atoms with E-state index in [1.54, 1.807) is 23.1 Å². The number of rotatable bonds is 3. The van der Waals surface area contributed by atoms with E-state index in [1.807, 2.05) is 0 Å². The van der Waals surface area contributed by atoms with Crippen LogP contribution in [0, 0.1) is 0 Å². The highest BCUT2D eigenvalue weighted by molar-refractivity contribution is 6.04. The molecule has 2 bridgehead atoms. The molecule has 2 aromatic heterocycles. The van der Waals surface area contributed by atoms with Crippen molar-refractivity contribution in [2.75, 3.05) is 35.3 Å². The van der Waals surface area contributed by atoms with Gasteiger partial charge in [-0.2, -0.15) is 18.2 Å². The van der Waals surface area contributed by atoms with Gasteiger partial charge in [-0.05, 0) is 30.7 Å². The Labute approximate surface area is 187 Å². The third-order valence-corrected chi connectivity index (χ3v) is 5.71. The molecule has 0 aliphatic carbocycles. The Morgan fingerprint density at radius 2 is 2.03 bits per heavy atom. The molecule has 5 rings (SSSR count). The number of ether oxygens (including phenoxy) is 1. The van der Waals surface area contributed by atoms with Crippen molar-refractivity contribution >= 4 is 23.4 Å². The summed E-state index contributed by atoms with van der Waals surface area (Å²) in [5.74, 6) is 0.867. The third kappa shape index (κ3) is 3.90. The minimum atomic E-state index is -4.46. The molecule has 4 heterocycles. The molecule has 3 aromatic rings. The maximum atomic E-state index is 13.3. The Morgan fingerprint density at radius 1 is 1.18 bits per heavy atom. The molecule has 170 valence electrons. The lowest BCUT2D eigenvalue weighted by atomic mass is 10.1. The van der Waals surface area contributed by atoms with Crippen molar-refractivity contribution in [3.63, 3.8) is 0 Å². The largest absolute Gasteiger partial charge is 0.480 e. The van der Waals surface area contributed by atoms with Crippen molar-refractivity contribution in [1.29, 1.82) is 0 Å². The fraction of sp³-hybridized carbons (Fsp3) is 0.273. The highest BCUT2D eigenvalue weighted by Crippen LogP contribution is 2.41. The monoisotopic (exact) mass is 456 g/mol. The number of amides is 2. The standard InChI is InChI=1S/C22H19F3N6O2/c1-33-19-11-26-10-18(28-19)29-21(32)31-15-7-8-30(12-15)17-6-5-16(27-20(17)31)13-3-2-4-14(9-13)22(23,24)25/h2-6,9-11,15H,7-8,12H2,1H3,(H,28,29,32)/t15-/m0/s1. The number of fused-ring (bicyclic) bond motifs is 4. The topological polar surface area (TPSA) is 83.5 Å². The van der Waals surface area contributed by atoms with Gasteiger partial charge in [0, 0.05) is 18.7 Å². The normalized spacial score (nSPS) is 17.0. The number of aromatic nitrogens is 3. The van der Waals surface area contributed by atoms with Crippen molar-refractivity contribution in [1.82, 2.24) is 15.0 Å². The fourth-order valence-corrected chi connectivity index (χ4v) is 4.16. The second-order valence-electron chi connectivity index (χ2n) is 7.75. The summed E-state index contributed by atoms with van der Waals surface area (Å²) in [6.07, 6.45) is -0.895. The molecule has 1 atom stereocenters. The van der Waals surface area contributed by atoms with Gasteiger partial charge >= 0.3 is 12.2 Å². The number of urea groups is 1. The highest BCUT2D eigenvalue weighted by atomic mass is 19.4. The van der Waals surface area contributed by atoms with Gasteiger partial charge in [0.05, 0.1) is 42.5 Å².